The van der Waals surface area contributed by atoms with Crippen molar-refractivity contribution in [3.8, 4) is 0 Å². The fourth-order valence-corrected chi connectivity index (χ4v) is 1.86. The Balaban J connectivity index is 1.73. The lowest BCUT2D eigenvalue weighted by Crippen LogP contribution is -2.14. The topological polar surface area (TPSA) is 59.8 Å². The molecule has 2 aromatic rings. The Hall–Kier alpha value is -2.31. The number of rotatable bonds is 4. The zero-order valence-electron chi connectivity index (χ0n) is 10.5. The van der Waals surface area contributed by atoms with E-state index in [1.165, 1.54) is 19.0 Å². The number of nitrogens with one attached hydrogen (secondary N) is 1. The molecule has 1 amide bonds. The van der Waals surface area contributed by atoms with Gasteiger partial charge in [0, 0.05) is 12.7 Å². The third kappa shape index (κ3) is 2.66. The van der Waals surface area contributed by atoms with Crippen LogP contribution in [0.2, 0.25) is 0 Å². The summed E-state index contributed by atoms with van der Waals surface area (Å²) < 4.78 is 28.4. The molecule has 7 heteroatoms. The predicted octanol–water partition coefficient (Wildman–Crippen LogP) is 2.22. The first kappa shape index (κ1) is 12.7. The summed E-state index contributed by atoms with van der Waals surface area (Å²) in [5.74, 6) is -1.80. The van der Waals surface area contributed by atoms with E-state index < -0.39 is 23.2 Å². The van der Waals surface area contributed by atoms with Crippen molar-refractivity contribution in [2.45, 2.75) is 19.4 Å². The molecule has 0 radical (unpaired) electrons. The highest BCUT2D eigenvalue weighted by molar-refractivity contribution is 6.04. The molecule has 1 N–H and O–H groups in total. The molecule has 5 nitrogen and oxygen atoms in total. The van der Waals surface area contributed by atoms with Crippen LogP contribution in [-0.4, -0.2) is 20.7 Å². The van der Waals surface area contributed by atoms with Gasteiger partial charge >= 0.3 is 0 Å². The van der Waals surface area contributed by atoms with Crippen LogP contribution in [0.15, 0.2) is 24.8 Å². The van der Waals surface area contributed by atoms with Gasteiger partial charge in [0.1, 0.15) is 5.69 Å². The molecule has 0 bridgehead atoms. The molecule has 1 fully saturated rings. The maximum atomic E-state index is 13.4. The second kappa shape index (κ2) is 4.99. The van der Waals surface area contributed by atoms with Crippen molar-refractivity contribution >= 4 is 11.6 Å². The summed E-state index contributed by atoms with van der Waals surface area (Å²) in [6.45, 7) is 0.769. The quantitative estimate of drug-likeness (QED) is 0.932. The van der Waals surface area contributed by atoms with Crippen molar-refractivity contribution in [2.75, 3.05) is 5.32 Å². The Labute approximate surface area is 113 Å². The molecule has 104 valence electrons. The highest BCUT2D eigenvalue weighted by Crippen LogP contribution is 2.30. The van der Waals surface area contributed by atoms with E-state index >= 15 is 0 Å². The highest BCUT2D eigenvalue weighted by atomic mass is 19.1. The van der Waals surface area contributed by atoms with Crippen molar-refractivity contribution in [1.29, 1.82) is 0 Å². The Morgan fingerprint density at radius 3 is 2.65 bits per heavy atom. The number of anilines is 1. The number of pyridine rings is 1. The first-order valence-corrected chi connectivity index (χ1v) is 6.26. The van der Waals surface area contributed by atoms with E-state index in [9.17, 15) is 13.6 Å². The van der Waals surface area contributed by atoms with Crippen molar-refractivity contribution in [3.63, 3.8) is 0 Å². The van der Waals surface area contributed by atoms with E-state index in [-0.39, 0.29) is 5.56 Å². The third-order valence-electron chi connectivity index (χ3n) is 3.13. The van der Waals surface area contributed by atoms with Gasteiger partial charge in [-0.3, -0.25) is 14.5 Å². The van der Waals surface area contributed by atoms with Crippen LogP contribution >= 0.6 is 0 Å². The molecule has 0 aliphatic heterocycles. The summed E-state index contributed by atoms with van der Waals surface area (Å²) in [7, 11) is 0. The van der Waals surface area contributed by atoms with Gasteiger partial charge in [-0.25, -0.2) is 8.78 Å². The fourth-order valence-electron chi connectivity index (χ4n) is 1.86. The number of amides is 1. The zero-order valence-corrected chi connectivity index (χ0v) is 10.5. The summed E-state index contributed by atoms with van der Waals surface area (Å²) in [6, 6.07) is 0. The number of aromatic nitrogens is 3. The van der Waals surface area contributed by atoms with Crippen molar-refractivity contribution in [1.82, 2.24) is 14.8 Å². The SMILES string of the molecule is O=C(Nc1c(F)cncc1F)c1cnn(CC2CC2)c1. The molecule has 0 aromatic carbocycles. The van der Waals surface area contributed by atoms with Gasteiger partial charge < -0.3 is 5.32 Å². The van der Waals surface area contributed by atoms with Crippen LogP contribution in [0.1, 0.15) is 23.2 Å². The van der Waals surface area contributed by atoms with Crippen LogP contribution in [0.25, 0.3) is 0 Å². The Morgan fingerprint density at radius 1 is 1.30 bits per heavy atom. The minimum absolute atomic E-state index is 0.265. The van der Waals surface area contributed by atoms with Crippen LogP contribution in [0.5, 0.6) is 0 Å². The van der Waals surface area contributed by atoms with Gasteiger partial charge in [0.05, 0.1) is 24.2 Å². The molecule has 2 aromatic heterocycles. The minimum Gasteiger partial charge on any atom is -0.317 e. The number of hydrogen-bond donors (Lipinski definition) is 1. The fraction of sp³-hybridized carbons (Fsp3) is 0.308. The minimum atomic E-state index is -0.913. The Morgan fingerprint density at radius 2 is 2.00 bits per heavy atom. The van der Waals surface area contributed by atoms with E-state index in [0.29, 0.717) is 5.92 Å². The molecule has 0 spiro atoms. The molecule has 0 unspecified atom stereocenters. The molecular weight excluding hydrogens is 266 g/mol. The van der Waals surface area contributed by atoms with Crippen LogP contribution in [0, 0.1) is 17.6 Å². The van der Waals surface area contributed by atoms with Gasteiger partial charge in [0.15, 0.2) is 11.6 Å². The molecule has 0 atom stereocenters. The monoisotopic (exact) mass is 278 g/mol. The van der Waals surface area contributed by atoms with Crippen LogP contribution < -0.4 is 5.32 Å². The number of nitrogens with zero attached hydrogens (tertiary/aromatic N) is 3. The highest BCUT2D eigenvalue weighted by Gasteiger charge is 2.22. The smallest absolute Gasteiger partial charge is 0.259 e. The third-order valence-corrected chi connectivity index (χ3v) is 3.13. The summed E-state index contributed by atoms with van der Waals surface area (Å²) in [5, 5.41) is 6.25. The second-order valence-corrected chi connectivity index (χ2v) is 4.83. The largest absolute Gasteiger partial charge is 0.317 e. The molecule has 2 heterocycles. The van der Waals surface area contributed by atoms with Gasteiger partial charge in [-0.2, -0.15) is 5.10 Å². The number of carbonyl (C=O) groups is 1. The zero-order chi connectivity index (χ0) is 14.1. The van der Waals surface area contributed by atoms with Crippen LogP contribution in [0.4, 0.5) is 14.5 Å². The van der Waals surface area contributed by atoms with Gasteiger partial charge in [0.2, 0.25) is 0 Å². The van der Waals surface area contributed by atoms with E-state index in [2.05, 4.69) is 15.4 Å². The maximum Gasteiger partial charge on any atom is 0.259 e. The first-order chi connectivity index (χ1) is 9.63. The number of carbonyl (C=O) groups excluding carboxylic acids is 1. The van der Waals surface area contributed by atoms with Gasteiger partial charge in [-0.15, -0.1) is 0 Å². The number of halogens is 2. The number of hydrogen-bond acceptors (Lipinski definition) is 3. The average Bonchev–Trinajstić information content (AvgIpc) is 3.09. The standard InChI is InChI=1S/C13H12F2N4O/c14-10-4-16-5-11(15)12(10)18-13(20)9-3-17-19(7-9)6-8-1-2-8/h3-5,7-8H,1-2,6H2,(H,16,18,20). The molecule has 1 aliphatic carbocycles. The predicted molar refractivity (Wildman–Crippen MR) is 67.1 cm³/mol. The lowest BCUT2D eigenvalue weighted by atomic mass is 10.3. The van der Waals surface area contributed by atoms with E-state index in [0.717, 1.165) is 18.9 Å². The molecule has 1 saturated carbocycles. The van der Waals surface area contributed by atoms with E-state index in [1.807, 2.05) is 0 Å². The molecule has 3 rings (SSSR count). The Bertz CT molecular complexity index is 631. The maximum absolute atomic E-state index is 13.4. The summed E-state index contributed by atoms with van der Waals surface area (Å²) >= 11 is 0. The molecular formula is C13H12F2N4O. The van der Waals surface area contributed by atoms with Gasteiger partial charge in [-0.05, 0) is 18.8 Å². The second-order valence-electron chi connectivity index (χ2n) is 4.83. The van der Waals surface area contributed by atoms with Crippen LogP contribution in [0.3, 0.4) is 0 Å². The van der Waals surface area contributed by atoms with Gasteiger partial charge in [0.25, 0.3) is 5.91 Å². The lowest BCUT2D eigenvalue weighted by Gasteiger charge is -2.05. The van der Waals surface area contributed by atoms with E-state index in [4.69, 9.17) is 0 Å². The van der Waals surface area contributed by atoms with Crippen molar-refractivity contribution in [2.24, 2.45) is 5.92 Å². The first-order valence-electron chi connectivity index (χ1n) is 6.26. The van der Waals surface area contributed by atoms with Crippen molar-refractivity contribution in [3.05, 3.63) is 42.0 Å². The summed E-state index contributed by atoms with van der Waals surface area (Å²) in [4.78, 5) is 15.3. The van der Waals surface area contributed by atoms with Gasteiger partial charge in [-0.1, -0.05) is 0 Å². The lowest BCUT2D eigenvalue weighted by molar-refractivity contribution is 0.102. The average molecular weight is 278 g/mol. The van der Waals surface area contributed by atoms with Crippen molar-refractivity contribution < 1.29 is 13.6 Å². The normalized spacial score (nSPS) is 14.3. The Kier molecular flexibility index (Phi) is 3.17. The summed E-state index contributed by atoms with van der Waals surface area (Å²) in [5.41, 5.74) is -0.235. The molecule has 1 aliphatic rings. The summed E-state index contributed by atoms with van der Waals surface area (Å²) in [6.07, 6.45) is 6.99. The van der Waals surface area contributed by atoms with Crippen LogP contribution in [-0.2, 0) is 6.54 Å². The van der Waals surface area contributed by atoms with E-state index in [1.54, 1.807) is 10.9 Å². The molecule has 20 heavy (non-hydrogen) atoms. The molecule has 0 saturated heterocycles.